The number of benzene rings is 3. The number of para-hydroxylation sites is 1. The van der Waals surface area contributed by atoms with Crippen LogP contribution in [0.1, 0.15) is 48.8 Å². The van der Waals surface area contributed by atoms with E-state index < -0.39 is 6.04 Å². The maximum Gasteiger partial charge on any atom is 0.247 e. The van der Waals surface area contributed by atoms with Crippen LogP contribution in [0.2, 0.25) is 5.02 Å². The van der Waals surface area contributed by atoms with E-state index in [9.17, 15) is 9.59 Å². The van der Waals surface area contributed by atoms with Gasteiger partial charge in [-0.25, -0.2) is 0 Å². The second kappa shape index (κ2) is 16.0. The molecule has 0 aromatic heterocycles. The number of anilines is 1. The molecule has 3 aromatic carbocycles. The number of hydrogen-bond donors (Lipinski definition) is 2. The van der Waals surface area contributed by atoms with E-state index in [0.717, 1.165) is 49.1 Å². The zero-order valence-electron chi connectivity index (χ0n) is 27.1. The minimum atomic E-state index is -0.645. The molecule has 1 saturated heterocycles. The van der Waals surface area contributed by atoms with E-state index in [0.29, 0.717) is 55.4 Å². The smallest absolute Gasteiger partial charge is 0.247 e. The van der Waals surface area contributed by atoms with Gasteiger partial charge in [-0.1, -0.05) is 41.9 Å². The topological polar surface area (TPSA) is 92.4 Å². The zero-order valence-corrected chi connectivity index (χ0v) is 27.8. The normalized spacial score (nSPS) is 17.9. The van der Waals surface area contributed by atoms with Gasteiger partial charge in [0.15, 0.2) is 0 Å². The van der Waals surface area contributed by atoms with Gasteiger partial charge in [0.1, 0.15) is 17.5 Å². The molecular weight excluding hydrogens is 616 g/mol. The number of carbonyl (C=O) groups excluding carboxylic acids is 2. The molecule has 2 aliphatic carbocycles. The molecule has 0 radical (unpaired) electrons. The molecule has 3 aromatic rings. The maximum atomic E-state index is 14.2. The molecule has 9 nitrogen and oxygen atoms in total. The molecule has 3 fully saturated rings. The Bertz CT molecular complexity index is 1510. The number of nitrogens with one attached hydrogen (secondary N) is 2. The minimum absolute atomic E-state index is 0.0571. The van der Waals surface area contributed by atoms with Gasteiger partial charge in [0.2, 0.25) is 11.8 Å². The number of carbonyl (C=O) groups is 2. The van der Waals surface area contributed by atoms with Crippen molar-refractivity contribution in [2.75, 3.05) is 44.9 Å². The van der Waals surface area contributed by atoms with Gasteiger partial charge in [0.25, 0.3) is 0 Å². The first-order chi connectivity index (χ1) is 23.0. The van der Waals surface area contributed by atoms with E-state index in [-0.39, 0.29) is 24.4 Å². The maximum absolute atomic E-state index is 14.2. The number of rotatable bonds is 17. The van der Waals surface area contributed by atoms with Crippen LogP contribution in [0.25, 0.3) is 0 Å². The molecular formula is C37H45ClN4O5. The van der Waals surface area contributed by atoms with Crippen molar-refractivity contribution < 1.29 is 23.8 Å². The van der Waals surface area contributed by atoms with E-state index in [1.807, 2.05) is 59.5 Å². The highest BCUT2D eigenvalue weighted by molar-refractivity contribution is 6.31. The summed E-state index contributed by atoms with van der Waals surface area (Å²) in [6, 6.07) is 21.6. The Balaban J connectivity index is 1.04. The third-order valence-electron chi connectivity index (χ3n) is 8.89. The van der Waals surface area contributed by atoms with Crippen LogP contribution in [-0.4, -0.2) is 74.8 Å². The number of ether oxygens (including phenoxy) is 3. The van der Waals surface area contributed by atoms with E-state index >= 15 is 0 Å². The lowest BCUT2D eigenvalue weighted by Crippen LogP contribution is -2.61. The van der Waals surface area contributed by atoms with Crippen molar-refractivity contribution in [1.82, 2.24) is 15.5 Å². The van der Waals surface area contributed by atoms with Crippen LogP contribution in [0.3, 0.4) is 0 Å². The second-order valence-electron chi connectivity index (χ2n) is 12.6. The molecule has 6 rings (SSSR count). The second-order valence-corrected chi connectivity index (χ2v) is 13.0. The fraction of sp³-hybridized carbons (Fsp3) is 0.459. The van der Waals surface area contributed by atoms with E-state index in [2.05, 4.69) is 22.8 Å². The summed E-state index contributed by atoms with van der Waals surface area (Å²) >= 11 is 6.66. The number of methoxy groups -OCH3 is 1. The number of halogens is 1. The predicted octanol–water partition coefficient (Wildman–Crippen LogP) is 5.12. The third-order valence-corrected chi connectivity index (χ3v) is 9.26. The number of hydrogen-bond acceptors (Lipinski definition) is 7. The summed E-state index contributed by atoms with van der Waals surface area (Å²) in [6.45, 7) is 3.47. The van der Waals surface area contributed by atoms with Crippen molar-refractivity contribution in [2.45, 2.75) is 69.8 Å². The van der Waals surface area contributed by atoms with Crippen molar-refractivity contribution >= 4 is 29.1 Å². The lowest BCUT2D eigenvalue weighted by molar-refractivity contribution is -0.136. The number of nitrogens with zero attached hydrogens (tertiary/aromatic N) is 2. The molecule has 2 amide bonds. The number of piperazine rings is 1. The molecule has 1 aliphatic heterocycles. The summed E-state index contributed by atoms with van der Waals surface area (Å²) in [5.74, 6) is 1.33. The van der Waals surface area contributed by atoms with Gasteiger partial charge in [-0.05, 0) is 86.2 Å². The molecule has 250 valence electrons. The van der Waals surface area contributed by atoms with Crippen LogP contribution >= 0.6 is 11.6 Å². The van der Waals surface area contributed by atoms with Crippen LogP contribution in [-0.2, 0) is 33.9 Å². The highest BCUT2D eigenvalue weighted by atomic mass is 35.5. The van der Waals surface area contributed by atoms with Gasteiger partial charge in [0, 0.05) is 47.9 Å². The fourth-order valence-electron chi connectivity index (χ4n) is 6.01. The molecule has 10 heteroatoms. The van der Waals surface area contributed by atoms with Gasteiger partial charge in [0.05, 0.1) is 33.5 Å². The van der Waals surface area contributed by atoms with Crippen LogP contribution in [0, 0.1) is 0 Å². The van der Waals surface area contributed by atoms with Gasteiger partial charge in [-0.3, -0.25) is 14.5 Å². The van der Waals surface area contributed by atoms with E-state index in [1.54, 1.807) is 12.0 Å². The van der Waals surface area contributed by atoms with Crippen molar-refractivity contribution in [1.29, 1.82) is 0 Å². The first-order valence-corrected chi connectivity index (χ1v) is 17.1. The van der Waals surface area contributed by atoms with Crippen molar-refractivity contribution in [3.63, 3.8) is 0 Å². The Kier molecular flexibility index (Phi) is 11.3. The number of amides is 2. The third kappa shape index (κ3) is 9.05. The zero-order chi connectivity index (χ0) is 32.6. The lowest BCUT2D eigenvalue weighted by Gasteiger charge is -2.38. The standard InChI is InChI=1S/C37H45ClN4O5/c1-45-35-6-3-2-5-27(35)25-46-19-4-20-47-32-14-12-31(13-15-32)42-34(22-39-23-36(42)43)37(44)41(30-10-11-30)24-28-21-26(7-16-33(28)38)17-18-40-29-8-9-29/h2-3,5-7,12-16,21,29-30,34,39-40H,4,8-11,17-20,22-25H2,1H3/t34-/m1/s1. The van der Waals surface area contributed by atoms with Crippen LogP contribution in [0.15, 0.2) is 66.7 Å². The Hall–Kier alpha value is -3.63. The van der Waals surface area contributed by atoms with Gasteiger partial charge in [-0.2, -0.15) is 0 Å². The SMILES string of the molecule is COc1ccccc1COCCCOc1ccc(N2C(=O)CNC[C@@H]2C(=O)N(Cc2cc(CCNC3CC3)ccc2Cl)C2CC2)cc1. The average molecular weight is 661 g/mol. The van der Waals surface area contributed by atoms with Crippen LogP contribution in [0.4, 0.5) is 5.69 Å². The van der Waals surface area contributed by atoms with Gasteiger partial charge < -0.3 is 29.7 Å². The Morgan fingerprint density at radius 2 is 1.83 bits per heavy atom. The minimum Gasteiger partial charge on any atom is -0.496 e. The van der Waals surface area contributed by atoms with Crippen molar-refractivity contribution in [2.24, 2.45) is 0 Å². The molecule has 2 saturated carbocycles. The van der Waals surface area contributed by atoms with Crippen molar-refractivity contribution in [3.8, 4) is 11.5 Å². The summed E-state index contributed by atoms with van der Waals surface area (Å²) in [5, 5.41) is 7.39. The molecule has 0 unspecified atom stereocenters. The molecule has 2 N–H and O–H groups in total. The molecule has 1 atom stereocenters. The predicted molar refractivity (Wildman–Crippen MR) is 183 cm³/mol. The summed E-state index contributed by atoms with van der Waals surface area (Å²) < 4.78 is 17.1. The summed E-state index contributed by atoms with van der Waals surface area (Å²) in [6.07, 6.45) is 6.09. The first kappa shape index (κ1) is 33.3. The molecule has 0 bridgehead atoms. The fourth-order valence-corrected chi connectivity index (χ4v) is 6.18. The summed E-state index contributed by atoms with van der Waals surface area (Å²) in [4.78, 5) is 31.0. The molecule has 0 spiro atoms. The molecule has 3 aliphatic rings. The van der Waals surface area contributed by atoms with E-state index in [1.165, 1.54) is 18.4 Å². The molecule has 1 heterocycles. The summed E-state index contributed by atoms with van der Waals surface area (Å²) in [5.41, 5.74) is 3.85. The summed E-state index contributed by atoms with van der Waals surface area (Å²) in [7, 11) is 1.66. The highest BCUT2D eigenvalue weighted by Crippen LogP contribution is 2.33. The lowest BCUT2D eigenvalue weighted by atomic mass is 10.1. The van der Waals surface area contributed by atoms with Crippen molar-refractivity contribution in [3.05, 3.63) is 88.4 Å². The Morgan fingerprint density at radius 1 is 1.02 bits per heavy atom. The van der Waals surface area contributed by atoms with E-state index in [4.69, 9.17) is 25.8 Å². The average Bonchev–Trinajstić information content (AvgIpc) is 4.03. The van der Waals surface area contributed by atoms with Crippen LogP contribution in [0.5, 0.6) is 11.5 Å². The Morgan fingerprint density at radius 3 is 2.60 bits per heavy atom. The largest absolute Gasteiger partial charge is 0.496 e. The van der Waals surface area contributed by atoms with Crippen LogP contribution < -0.4 is 25.0 Å². The van der Waals surface area contributed by atoms with Gasteiger partial charge in [-0.15, -0.1) is 0 Å². The van der Waals surface area contributed by atoms with Gasteiger partial charge >= 0.3 is 0 Å². The Labute approximate surface area is 282 Å². The quantitative estimate of drug-likeness (QED) is 0.194. The highest BCUT2D eigenvalue weighted by Gasteiger charge is 2.41. The first-order valence-electron chi connectivity index (χ1n) is 16.8. The monoisotopic (exact) mass is 660 g/mol. The molecule has 47 heavy (non-hydrogen) atoms.